The Hall–Kier alpha value is -2.63. The average Bonchev–Trinajstić information content (AvgIpc) is 3.08. The second-order valence-corrected chi connectivity index (χ2v) is 6.97. The van der Waals surface area contributed by atoms with E-state index in [0.29, 0.717) is 22.2 Å². The molecule has 4 nitrogen and oxygen atoms in total. The van der Waals surface area contributed by atoms with Crippen molar-refractivity contribution in [1.82, 2.24) is 4.98 Å². The van der Waals surface area contributed by atoms with E-state index in [0.717, 1.165) is 21.1 Å². The predicted octanol–water partition coefficient (Wildman–Crippen LogP) is 6.16. The molecule has 0 spiro atoms. The number of nitrogens with zero attached hydrogens (tertiary/aromatic N) is 1. The highest BCUT2D eigenvalue weighted by molar-refractivity contribution is 9.10. The van der Waals surface area contributed by atoms with E-state index in [1.54, 1.807) is 30.3 Å². The van der Waals surface area contributed by atoms with Gasteiger partial charge < -0.3 is 9.73 Å². The molecule has 1 N–H and O–H groups in total. The fourth-order valence-electron chi connectivity index (χ4n) is 2.56. The Morgan fingerprint density at radius 2 is 1.81 bits per heavy atom. The van der Waals surface area contributed by atoms with Gasteiger partial charge in [0.1, 0.15) is 5.52 Å². The van der Waals surface area contributed by atoms with Crippen molar-refractivity contribution in [3.05, 3.63) is 81.8 Å². The lowest BCUT2D eigenvalue weighted by Gasteiger charge is -2.07. The highest BCUT2D eigenvalue weighted by Gasteiger charge is 2.12. The molecule has 4 aromatic rings. The number of amides is 1. The van der Waals surface area contributed by atoms with Crippen LogP contribution in [-0.4, -0.2) is 10.9 Å². The number of hydrogen-bond acceptors (Lipinski definition) is 3. The van der Waals surface area contributed by atoms with Gasteiger partial charge in [-0.15, -0.1) is 0 Å². The van der Waals surface area contributed by atoms with Crippen LogP contribution in [0.5, 0.6) is 0 Å². The van der Waals surface area contributed by atoms with Gasteiger partial charge in [0.25, 0.3) is 5.91 Å². The normalized spacial score (nSPS) is 10.8. The molecule has 0 aliphatic heterocycles. The summed E-state index contributed by atoms with van der Waals surface area (Å²) in [5, 5.41) is 3.23. The second kappa shape index (κ2) is 6.94. The molecule has 128 valence electrons. The first-order valence-electron chi connectivity index (χ1n) is 7.82. The van der Waals surface area contributed by atoms with E-state index in [9.17, 15) is 4.79 Å². The van der Waals surface area contributed by atoms with E-state index >= 15 is 0 Å². The maximum atomic E-state index is 12.4. The van der Waals surface area contributed by atoms with E-state index in [1.165, 1.54) is 0 Å². The van der Waals surface area contributed by atoms with Gasteiger partial charge in [-0.05, 0) is 54.6 Å². The van der Waals surface area contributed by atoms with Gasteiger partial charge in [-0.1, -0.05) is 39.7 Å². The smallest absolute Gasteiger partial charge is 0.257 e. The number of nitrogens with one attached hydrogen (secondary N) is 1. The third-order valence-electron chi connectivity index (χ3n) is 3.86. The number of halogens is 2. The summed E-state index contributed by atoms with van der Waals surface area (Å²) in [4.78, 5) is 16.9. The number of aromatic nitrogens is 1. The van der Waals surface area contributed by atoms with Crippen LogP contribution in [0.3, 0.4) is 0 Å². The van der Waals surface area contributed by atoms with Gasteiger partial charge in [0.15, 0.2) is 5.58 Å². The van der Waals surface area contributed by atoms with Gasteiger partial charge in [0.2, 0.25) is 5.89 Å². The van der Waals surface area contributed by atoms with E-state index < -0.39 is 0 Å². The number of anilines is 1. The number of benzene rings is 3. The number of hydrogen-bond donors (Lipinski definition) is 1. The molecule has 26 heavy (non-hydrogen) atoms. The fraction of sp³-hybridized carbons (Fsp3) is 0. The summed E-state index contributed by atoms with van der Waals surface area (Å²) in [5.41, 5.74) is 3.45. The van der Waals surface area contributed by atoms with E-state index in [-0.39, 0.29) is 5.91 Å². The van der Waals surface area contributed by atoms with E-state index in [1.807, 2.05) is 36.4 Å². The van der Waals surface area contributed by atoms with Crippen LogP contribution < -0.4 is 5.32 Å². The van der Waals surface area contributed by atoms with E-state index in [4.69, 9.17) is 16.0 Å². The van der Waals surface area contributed by atoms with Crippen LogP contribution in [0, 0.1) is 0 Å². The van der Waals surface area contributed by atoms with Crippen LogP contribution in [0.25, 0.3) is 22.6 Å². The SMILES string of the molecule is O=C(Nc1ccc(-c2nc3ccccc3o2)cc1)c1cc(Br)ccc1Cl. The first-order valence-corrected chi connectivity index (χ1v) is 9.00. The van der Waals surface area contributed by atoms with Crippen molar-refractivity contribution in [3.63, 3.8) is 0 Å². The summed E-state index contributed by atoms with van der Waals surface area (Å²) in [6.07, 6.45) is 0. The molecule has 0 bridgehead atoms. The first-order chi connectivity index (χ1) is 12.6. The second-order valence-electron chi connectivity index (χ2n) is 5.64. The maximum absolute atomic E-state index is 12.4. The Morgan fingerprint density at radius 1 is 1.04 bits per heavy atom. The molecule has 0 fully saturated rings. The topological polar surface area (TPSA) is 55.1 Å². The van der Waals surface area contributed by atoms with Crippen LogP contribution in [-0.2, 0) is 0 Å². The zero-order chi connectivity index (χ0) is 18.1. The molecule has 0 saturated heterocycles. The molecule has 0 saturated carbocycles. The number of oxazole rings is 1. The van der Waals surface area contributed by atoms with Crippen LogP contribution in [0.4, 0.5) is 5.69 Å². The molecule has 0 atom stereocenters. The van der Waals surface area contributed by atoms with Crippen molar-refractivity contribution in [3.8, 4) is 11.5 Å². The molecule has 0 unspecified atom stereocenters. The van der Waals surface area contributed by atoms with Gasteiger partial charge in [-0.2, -0.15) is 0 Å². The third kappa shape index (κ3) is 3.36. The van der Waals surface area contributed by atoms with Crippen molar-refractivity contribution in [2.45, 2.75) is 0 Å². The predicted molar refractivity (Wildman–Crippen MR) is 107 cm³/mol. The van der Waals surface area contributed by atoms with Crippen molar-refractivity contribution in [1.29, 1.82) is 0 Å². The summed E-state index contributed by atoms with van der Waals surface area (Å²) in [6, 6.07) is 20.0. The zero-order valence-electron chi connectivity index (χ0n) is 13.4. The summed E-state index contributed by atoms with van der Waals surface area (Å²) in [5.74, 6) is 0.269. The highest BCUT2D eigenvalue weighted by atomic mass is 79.9. The Labute approximate surface area is 162 Å². The molecule has 1 heterocycles. The molecule has 0 aliphatic rings. The minimum Gasteiger partial charge on any atom is -0.436 e. The highest BCUT2D eigenvalue weighted by Crippen LogP contribution is 2.26. The monoisotopic (exact) mass is 426 g/mol. The van der Waals surface area contributed by atoms with Gasteiger partial charge in [-0.25, -0.2) is 4.98 Å². The van der Waals surface area contributed by atoms with Gasteiger partial charge in [0, 0.05) is 15.7 Å². The molecule has 3 aromatic carbocycles. The Bertz CT molecular complexity index is 1070. The van der Waals surface area contributed by atoms with Crippen LogP contribution >= 0.6 is 27.5 Å². The number of rotatable bonds is 3. The lowest BCUT2D eigenvalue weighted by atomic mass is 10.2. The van der Waals surface area contributed by atoms with Crippen LogP contribution in [0.1, 0.15) is 10.4 Å². The molecule has 1 aromatic heterocycles. The Morgan fingerprint density at radius 3 is 2.58 bits per heavy atom. The molecular formula is C20H12BrClN2O2. The minimum absolute atomic E-state index is 0.272. The lowest BCUT2D eigenvalue weighted by Crippen LogP contribution is -2.12. The molecule has 0 radical (unpaired) electrons. The first kappa shape index (κ1) is 16.8. The third-order valence-corrected chi connectivity index (χ3v) is 4.68. The van der Waals surface area contributed by atoms with Crippen LogP contribution in [0.2, 0.25) is 5.02 Å². The Kier molecular flexibility index (Phi) is 4.49. The summed E-state index contributed by atoms with van der Waals surface area (Å²) in [6.45, 7) is 0. The van der Waals surface area contributed by atoms with Crippen molar-refractivity contribution >= 4 is 50.2 Å². The van der Waals surface area contributed by atoms with Crippen molar-refractivity contribution in [2.24, 2.45) is 0 Å². The van der Waals surface area contributed by atoms with Gasteiger partial charge in [-0.3, -0.25) is 4.79 Å². The van der Waals surface area contributed by atoms with Gasteiger partial charge >= 0.3 is 0 Å². The largest absolute Gasteiger partial charge is 0.436 e. The average molecular weight is 428 g/mol. The van der Waals surface area contributed by atoms with Crippen molar-refractivity contribution in [2.75, 3.05) is 5.32 Å². The molecule has 4 rings (SSSR count). The van der Waals surface area contributed by atoms with Crippen LogP contribution in [0.15, 0.2) is 75.6 Å². The minimum atomic E-state index is -0.272. The number of carbonyl (C=O) groups is 1. The fourth-order valence-corrected chi connectivity index (χ4v) is 3.13. The molecule has 0 aliphatic carbocycles. The summed E-state index contributed by atoms with van der Waals surface area (Å²) in [7, 11) is 0. The van der Waals surface area contributed by atoms with E-state index in [2.05, 4.69) is 26.2 Å². The standard InChI is InChI=1S/C20H12BrClN2O2/c21-13-7-10-16(22)15(11-13)19(25)23-14-8-5-12(6-9-14)20-24-17-3-1-2-4-18(17)26-20/h1-11H,(H,23,25). The van der Waals surface area contributed by atoms with Gasteiger partial charge in [0.05, 0.1) is 10.6 Å². The number of carbonyl (C=O) groups excluding carboxylic acids is 1. The zero-order valence-corrected chi connectivity index (χ0v) is 15.7. The number of para-hydroxylation sites is 2. The molecule has 6 heteroatoms. The summed E-state index contributed by atoms with van der Waals surface area (Å²) < 4.78 is 6.54. The quantitative estimate of drug-likeness (QED) is 0.426. The number of fused-ring (bicyclic) bond motifs is 1. The summed E-state index contributed by atoms with van der Waals surface area (Å²) >= 11 is 9.44. The lowest BCUT2D eigenvalue weighted by molar-refractivity contribution is 0.102. The maximum Gasteiger partial charge on any atom is 0.257 e. The Balaban J connectivity index is 1.56. The van der Waals surface area contributed by atoms with Crippen molar-refractivity contribution < 1.29 is 9.21 Å². The molecular weight excluding hydrogens is 416 g/mol. The molecule has 1 amide bonds.